The lowest BCUT2D eigenvalue weighted by molar-refractivity contribution is 0.0949. The number of aryl methyl sites for hydroxylation is 1. The van der Waals surface area contributed by atoms with Crippen molar-refractivity contribution in [1.29, 1.82) is 0 Å². The van der Waals surface area contributed by atoms with Gasteiger partial charge in [0.05, 0.1) is 36.1 Å². The Morgan fingerprint density at radius 1 is 1.10 bits per heavy atom. The summed E-state index contributed by atoms with van der Waals surface area (Å²) in [5.41, 5.74) is 1.19. The Morgan fingerprint density at radius 3 is 2.59 bits per heavy atom. The van der Waals surface area contributed by atoms with Gasteiger partial charge < -0.3 is 14.5 Å². The van der Waals surface area contributed by atoms with Crippen molar-refractivity contribution in [2.45, 2.75) is 24.8 Å². The molecule has 0 bridgehead atoms. The zero-order chi connectivity index (χ0) is 20.9. The van der Waals surface area contributed by atoms with E-state index in [2.05, 4.69) is 10.0 Å². The summed E-state index contributed by atoms with van der Waals surface area (Å²) in [6, 6.07) is 14.6. The Labute approximate surface area is 169 Å². The summed E-state index contributed by atoms with van der Waals surface area (Å²) in [5, 5.41) is 2.72. The summed E-state index contributed by atoms with van der Waals surface area (Å²) >= 11 is 0. The molecular weight excluding hydrogens is 392 g/mol. The van der Waals surface area contributed by atoms with Crippen LogP contribution in [0.5, 0.6) is 5.75 Å². The number of hydrogen-bond donors (Lipinski definition) is 2. The predicted octanol–water partition coefficient (Wildman–Crippen LogP) is 3.58. The molecular formula is C21H22N2O5S. The number of nitrogens with one attached hydrogen (secondary N) is 2. The summed E-state index contributed by atoms with van der Waals surface area (Å²) in [6.45, 7) is 2.12. The average molecular weight is 414 g/mol. The number of furan rings is 1. The third-order valence-corrected chi connectivity index (χ3v) is 5.73. The Bertz CT molecular complexity index is 1090. The van der Waals surface area contributed by atoms with Crippen LogP contribution in [0.4, 0.5) is 5.69 Å². The average Bonchev–Trinajstić information content (AvgIpc) is 3.25. The van der Waals surface area contributed by atoms with E-state index in [9.17, 15) is 13.2 Å². The van der Waals surface area contributed by atoms with Gasteiger partial charge in [0.1, 0.15) is 11.5 Å². The fourth-order valence-electron chi connectivity index (χ4n) is 2.85. The molecule has 3 aromatic rings. The van der Waals surface area contributed by atoms with Crippen molar-refractivity contribution in [3.8, 4) is 5.75 Å². The van der Waals surface area contributed by atoms with Gasteiger partial charge in [-0.25, -0.2) is 8.42 Å². The molecule has 3 rings (SSSR count). The number of carbonyl (C=O) groups excluding carboxylic acids is 1. The Balaban J connectivity index is 1.83. The molecule has 1 heterocycles. The number of sulfonamides is 1. The Kier molecular flexibility index (Phi) is 6.23. The normalized spacial score (nSPS) is 11.1. The minimum atomic E-state index is -3.89. The van der Waals surface area contributed by atoms with Gasteiger partial charge in [0.2, 0.25) is 0 Å². The number of methoxy groups -OCH3 is 1. The third-order valence-electron chi connectivity index (χ3n) is 4.36. The van der Waals surface area contributed by atoms with E-state index in [1.165, 1.54) is 12.3 Å². The van der Waals surface area contributed by atoms with E-state index < -0.39 is 15.9 Å². The Morgan fingerprint density at radius 2 is 1.90 bits per heavy atom. The van der Waals surface area contributed by atoms with Crippen LogP contribution in [0.1, 0.15) is 28.6 Å². The van der Waals surface area contributed by atoms with E-state index in [1.807, 2.05) is 6.92 Å². The maximum Gasteiger partial charge on any atom is 0.261 e. The number of para-hydroxylation sites is 1. The number of anilines is 1. The lowest BCUT2D eigenvalue weighted by Gasteiger charge is -2.14. The van der Waals surface area contributed by atoms with E-state index in [4.69, 9.17) is 9.15 Å². The standard InChI is InChI=1S/C21H22N2O5S/c1-3-15-13-17(10-11-20(15)27-2)29(25,26)23-19-9-5-4-8-18(19)21(24)22-14-16-7-6-12-28-16/h4-13,23H,3,14H2,1-2H3,(H,22,24). The largest absolute Gasteiger partial charge is 0.496 e. The van der Waals surface area contributed by atoms with Crippen LogP contribution in [0.3, 0.4) is 0 Å². The second kappa shape index (κ2) is 8.83. The van der Waals surface area contributed by atoms with Crippen molar-refractivity contribution in [3.63, 3.8) is 0 Å². The van der Waals surface area contributed by atoms with Crippen LogP contribution < -0.4 is 14.8 Å². The van der Waals surface area contributed by atoms with E-state index >= 15 is 0 Å². The number of ether oxygens (including phenoxy) is 1. The van der Waals surface area contributed by atoms with Gasteiger partial charge in [-0.2, -0.15) is 0 Å². The molecule has 29 heavy (non-hydrogen) atoms. The smallest absolute Gasteiger partial charge is 0.261 e. The molecule has 0 aliphatic carbocycles. The number of amides is 1. The summed E-state index contributed by atoms with van der Waals surface area (Å²) in [5.74, 6) is 0.814. The van der Waals surface area contributed by atoms with Crippen molar-refractivity contribution in [1.82, 2.24) is 5.32 Å². The second-order valence-corrected chi connectivity index (χ2v) is 7.92. The summed E-state index contributed by atoms with van der Waals surface area (Å²) in [7, 11) is -2.35. The fourth-order valence-corrected chi connectivity index (χ4v) is 3.98. The van der Waals surface area contributed by atoms with Gasteiger partial charge >= 0.3 is 0 Å². The molecule has 0 unspecified atom stereocenters. The van der Waals surface area contributed by atoms with Gasteiger partial charge in [0.15, 0.2) is 0 Å². The van der Waals surface area contributed by atoms with E-state index in [1.54, 1.807) is 55.6 Å². The molecule has 0 aliphatic heterocycles. The predicted molar refractivity (Wildman–Crippen MR) is 110 cm³/mol. The summed E-state index contributed by atoms with van der Waals surface area (Å²) in [4.78, 5) is 12.7. The van der Waals surface area contributed by atoms with Gasteiger partial charge in [-0.15, -0.1) is 0 Å². The third kappa shape index (κ3) is 4.78. The van der Waals surface area contributed by atoms with E-state index in [-0.39, 0.29) is 22.7 Å². The molecule has 7 nitrogen and oxygen atoms in total. The minimum Gasteiger partial charge on any atom is -0.496 e. The SMILES string of the molecule is CCc1cc(S(=O)(=O)Nc2ccccc2C(=O)NCc2ccco2)ccc1OC. The van der Waals surface area contributed by atoms with E-state index in [0.717, 1.165) is 5.56 Å². The lowest BCUT2D eigenvalue weighted by Crippen LogP contribution is -2.24. The minimum absolute atomic E-state index is 0.0981. The summed E-state index contributed by atoms with van der Waals surface area (Å²) in [6.07, 6.45) is 2.14. The molecule has 1 aromatic heterocycles. The maximum absolute atomic E-state index is 12.9. The molecule has 2 aromatic carbocycles. The van der Waals surface area contributed by atoms with Crippen LogP contribution in [-0.4, -0.2) is 21.4 Å². The van der Waals surface area contributed by atoms with Crippen LogP contribution in [0.2, 0.25) is 0 Å². The summed E-state index contributed by atoms with van der Waals surface area (Å²) < 4.78 is 38.7. The molecule has 152 valence electrons. The number of rotatable bonds is 8. The van der Waals surface area contributed by atoms with Crippen LogP contribution in [0.15, 0.2) is 70.2 Å². The monoisotopic (exact) mass is 414 g/mol. The van der Waals surface area contributed by atoms with Crippen LogP contribution >= 0.6 is 0 Å². The first-order valence-corrected chi connectivity index (χ1v) is 10.5. The molecule has 0 aliphatic rings. The van der Waals surface area contributed by atoms with Crippen molar-refractivity contribution in [2.24, 2.45) is 0 Å². The van der Waals surface area contributed by atoms with Crippen molar-refractivity contribution in [2.75, 3.05) is 11.8 Å². The molecule has 2 N–H and O–H groups in total. The first kappa shape index (κ1) is 20.5. The molecule has 0 atom stereocenters. The molecule has 0 fully saturated rings. The van der Waals surface area contributed by atoms with E-state index in [0.29, 0.717) is 17.9 Å². The zero-order valence-corrected chi connectivity index (χ0v) is 17.0. The quantitative estimate of drug-likeness (QED) is 0.587. The fraction of sp³-hybridized carbons (Fsp3) is 0.190. The molecule has 0 saturated carbocycles. The molecule has 0 spiro atoms. The highest BCUT2D eigenvalue weighted by molar-refractivity contribution is 7.92. The highest BCUT2D eigenvalue weighted by Crippen LogP contribution is 2.25. The van der Waals surface area contributed by atoms with Crippen molar-refractivity contribution < 1.29 is 22.4 Å². The van der Waals surface area contributed by atoms with Gasteiger partial charge in [-0.05, 0) is 54.4 Å². The number of hydrogen-bond acceptors (Lipinski definition) is 5. The lowest BCUT2D eigenvalue weighted by atomic mass is 10.1. The molecule has 1 amide bonds. The highest BCUT2D eigenvalue weighted by Gasteiger charge is 2.20. The second-order valence-electron chi connectivity index (χ2n) is 6.24. The van der Waals surface area contributed by atoms with Gasteiger partial charge in [0.25, 0.3) is 15.9 Å². The maximum atomic E-state index is 12.9. The van der Waals surface area contributed by atoms with Crippen molar-refractivity contribution in [3.05, 3.63) is 77.7 Å². The van der Waals surface area contributed by atoms with Gasteiger partial charge in [-0.3, -0.25) is 9.52 Å². The van der Waals surface area contributed by atoms with Crippen LogP contribution in [0, 0.1) is 0 Å². The van der Waals surface area contributed by atoms with Crippen LogP contribution in [0.25, 0.3) is 0 Å². The molecule has 0 radical (unpaired) electrons. The first-order chi connectivity index (χ1) is 13.9. The first-order valence-electron chi connectivity index (χ1n) is 9.04. The van der Waals surface area contributed by atoms with Gasteiger partial charge in [0, 0.05) is 0 Å². The van der Waals surface area contributed by atoms with Crippen LogP contribution in [-0.2, 0) is 23.0 Å². The highest BCUT2D eigenvalue weighted by atomic mass is 32.2. The molecule has 0 saturated heterocycles. The molecule has 8 heteroatoms. The topological polar surface area (TPSA) is 97.6 Å². The van der Waals surface area contributed by atoms with Gasteiger partial charge in [-0.1, -0.05) is 19.1 Å². The Hall–Kier alpha value is -3.26. The number of benzene rings is 2. The zero-order valence-electron chi connectivity index (χ0n) is 16.1. The van der Waals surface area contributed by atoms with Crippen molar-refractivity contribution >= 4 is 21.6 Å². The number of carbonyl (C=O) groups is 1.